The zero-order valence-electron chi connectivity index (χ0n) is 8.43. The van der Waals surface area contributed by atoms with E-state index in [0.717, 1.165) is 6.54 Å². The summed E-state index contributed by atoms with van der Waals surface area (Å²) in [5, 5.41) is 4.51. The largest absolute Gasteiger partial charge is 0.305 e. The van der Waals surface area contributed by atoms with Crippen molar-refractivity contribution in [3.8, 4) is 0 Å². The van der Waals surface area contributed by atoms with Crippen LogP contribution in [0.15, 0.2) is 23.6 Å². The lowest BCUT2D eigenvalue weighted by molar-refractivity contribution is 0.591. The van der Waals surface area contributed by atoms with Gasteiger partial charge in [-0.1, -0.05) is 6.08 Å². The Balaban J connectivity index is 1.88. The summed E-state index contributed by atoms with van der Waals surface area (Å²) in [5.74, 6) is 0.192. The second kappa shape index (κ2) is 4.08. The van der Waals surface area contributed by atoms with Gasteiger partial charge in [-0.05, 0) is 19.1 Å². The van der Waals surface area contributed by atoms with Gasteiger partial charge in [-0.2, -0.15) is 0 Å². The van der Waals surface area contributed by atoms with Crippen molar-refractivity contribution in [2.45, 2.75) is 19.5 Å². The van der Waals surface area contributed by atoms with Crippen molar-refractivity contribution in [1.29, 1.82) is 0 Å². The van der Waals surface area contributed by atoms with E-state index in [0.29, 0.717) is 0 Å². The summed E-state index contributed by atoms with van der Waals surface area (Å²) in [6.07, 6.45) is 1.72. The van der Waals surface area contributed by atoms with Crippen LogP contribution in [0.5, 0.6) is 0 Å². The summed E-state index contributed by atoms with van der Waals surface area (Å²) in [6.45, 7) is 2.80. The zero-order valence-corrected chi connectivity index (χ0v) is 10.1. The first-order chi connectivity index (χ1) is 7.05. The van der Waals surface area contributed by atoms with E-state index in [4.69, 9.17) is 0 Å². The maximum Gasteiger partial charge on any atom is 0.173 e. The molecule has 0 spiro atoms. The lowest BCUT2D eigenvalue weighted by Gasteiger charge is -2.07. The van der Waals surface area contributed by atoms with Crippen molar-refractivity contribution >= 4 is 21.2 Å². The highest BCUT2D eigenvalue weighted by atomic mass is 32.2. The number of aryl methyl sites for hydroxylation is 1. The van der Waals surface area contributed by atoms with Crippen LogP contribution in [0.2, 0.25) is 0 Å². The molecule has 0 fully saturated rings. The van der Waals surface area contributed by atoms with Gasteiger partial charge in [0.25, 0.3) is 0 Å². The molecule has 1 aliphatic heterocycles. The van der Waals surface area contributed by atoms with E-state index in [1.54, 1.807) is 17.4 Å². The molecule has 2 heterocycles. The second-order valence-corrected chi connectivity index (χ2v) is 6.96. The summed E-state index contributed by atoms with van der Waals surface area (Å²) in [5.41, 5.74) is 0. The maximum absolute atomic E-state index is 11.1. The quantitative estimate of drug-likeness (QED) is 0.874. The van der Waals surface area contributed by atoms with Crippen LogP contribution < -0.4 is 5.32 Å². The number of sulfone groups is 1. The Morgan fingerprint density at radius 2 is 2.33 bits per heavy atom. The molecule has 1 aromatic heterocycles. The molecule has 0 amide bonds. The monoisotopic (exact) mass is 243 g/mol. The van der Waals surface area contributed by atoms with Gasteiger partial charge < -0.3 is 5.32 Å². The maximum atomic E-state index is 11.1. The predicted molar refractivity (Wildman–Crippen MR) is 62.6 cm³/mol. The van der Waals surface area contributed by atoms with Crippen molar-refractivity contribution in [2.24, 2.45) is 0 Å². The first-order valence-electron chi connectivity index (χ1n) is 4.75. The molecule has 0 saturated heterocycles. The third kappa shape index (κ3) is 2.90. The standard InChI is InChI=1S/C10H13NO2S2/c1-8-2-3-10(14-8)6-11-9-4-5-15(12,13)7-9/h2-5,9,11H,6-7H2,1H3. The number of thiophene rings is 1. The lowest BCUT2D eigenvalue weighted by Crippen LogP contribution is -2.29. The molecule has 0 saturated carbocycles. The molecule has 1 unspecified atom stereocenters. The van der Waals surface area contributed by atoms with E-state index < -0.39 is 9.84 Å². The number of nitrogens with one attached hydrogen (secondary N) is 1. The minimum atomic E-state index is -2.93. The highest BCUT2D eigenvalue weighted by molar-refractivity contribution is 7.94. The first kappa shape index (κ1) is 10.9. The summed E-state index contributed by atoms with van der Waals surface area (Å²) in [7, 11) is -2.93. The van der Waals surface area contributed by atoms with Gasteiger partial charge in [-0.3, -0.25) is 0 Å². The molecule has 1 atom stereocenters. The second-order valence-electron chi connectivity index (χ2n) is 3.66. The van der Waals surface area contributed by atoms with Gasteiger partial charge in [0, 0.05) is 27.7 Å². The van der Waals surface area contributed by atoms with Gasteiger partial charge in [0.1, 0.15) is 0 Å². The van der Waals surface area contributed by atoms with Gasteiger partial charge in [-0.25, -0.2) is 8.42 Å². The average Bonchev–Trinajstić information content (AvgIpc) is 2.69. The van der Waals surface area contributed by atoms with Crippen molar-refractivity contribution in [3.05, 3.63) is 33.4 Å². The van der Waals surface area contributed by atoms with Crippen molar-refractivity contribution in [3.63, 3.8) is 0 Å². The molecule has 0 aliphatic carbocycles. The van der Waals surface area contributed by atoms with E-state index in [1.165, 1.54) is 15.2 Å². The summed E-state index contributed by atoms with van der Waals surface area (Å²) < 4.78 is 22.3. The van der Waals surface area contributed by atoms with E-state index in [-0.39, 0.29) is 11.8 Å². The Bertz CT molecular complexity index is 473. The smallest absolute Gasteiger partial charge is 0.173 e. The molecule has 1 aliphatic rings. The average molecular weight is 243 g/mol. The summed E-state index contributed by atoms with van der Waals surface area (Å²) in [4.78, 5) is 2.52. The summed E-state index contributed by atoms with van der Waals surface area (Å²) >= 11 is 1.73. The molecule has 15 heavy (non-hydrogen) atoms. The van der Waals surface area contributed by atoms with Gasteiger partial charge >= 0.3 is 0 Å². The molecule has 1 aromatic rings. The van der Waals surface area contributed by atoms with E-state index in [9.17, 15) is 8.42 Å². The molecule has 82 valence electrons. The van der Waals surface area contributed by atoms with E-state index in [2.05, 4.69) is 24.4 Å². The normalized spacial score (nSPS) is 23.4. The van der Waals surface area contributed by atoms with Crippen LogP contribution in [0.3, 0.4) is 0 Å². The Hall–Kier alpha value is -0.650. The first-order valence-corrected chi connectivity index (χ1v) is 7.28. The third-order valence-corrected chi connectivity index (χ3v) is 4.66. The fourth-order valence-electron chi connectivity index (χ4n) is 1.51. The minimum absolute atomic E-state index is 0.0302. The van der Waals surface area contributed by atoms with Crippen LogP contribution in [0.1, 0.15) is 9.75 Å². The van der Waals surface area contributed by atoms with Gasteiger partial charge in [0.2, 0.25) is 0 Å². The molecule has 5 heteroatoms. The van der Waals surface area contributed by atoms with Crippen LogP contribution in [0, 0.1) is 6.92 Å². The SMILES string of the molecule is Cc1ccc(CNC2C=CS(=O)(=O)C2)s1. The van der Waals surface area contributed by atoms with Crippen molar-refractivity contribution < 1.29 is 8.42 Å². The molecular weight excluding hydrogens is 230 g/mol. The third-order valence-electron chi connectivity index (χ3n) is 2.26. The molecule has 2 rings (SSSR count). The Labute approximate surface area is 93.7 Å². The molecule has 0 bridgehead atoms. The molecule has 0 radical (unpaired) electrons. The fourth-order valence-corrected chi connectivity index (χ4v) is 3.63. The Morgan fingerprint density at radius 3 is 2.87 bits per heavy atom. The van der Waals surface area contributed by atoms with Gasteiger partial charge in [0.15, 0.2) is 9.84 Å². The van der Waals surface area contributed by atoms with Crippen molar-refractivity contribution in [1.82, 2.24) is 5.32 Å². The van der Waals surface area contributed by atoms with Gasteiger partial charge in [-0.15, -0.1) is 11.3 Å². The molecule has 0 aromatic carbocycles. The minimum Gasteiger partial charge on any atom is -0.305 e. The summed E-state index contributed by atoms with van der Waals surface area (Å²) in [6, 6.07) is 4.11. The topological polar surface area (TPSA) is 46.2 Å². The van der Waals surface area contributed by atoms with Crippen molar-refractivity contribution in [2.75, 3.05) is 5.75 Å². The van der Waals surface area contributed by atoms with Gasteiger partial charge in [0.05, 0.1) is 5.75 Å². The number of rotatable bonds is 3. The Kier molecular flexibility index (Phi) is 2.95. The fraction of sp³-hybridized carbons (Fsp3) is 0.400. The predicted octanol–water partition coefficient (Wildman–Crippen LogP) is 1.46. The van der Waals surface area contributed by atoms with Crippen LogP contribution in [-0.4, -0.2) is 20.2 Å². The highest BCUT2D eigenvalue weighted by Crippen LogP contribution is 2.15. The Morgan fingerprint density at radius 1 is 1.53 bits per heavy atom. The van der Waals surface area contributed by atoms with Crippen LogP contribution >= 0.6 is 11.3 Å². The van der Waals surface area contributed by atoms with Crippen LogP contribution in [0.25, 0.3) is 0 Å². The number of hydrogen-bond acceptors (Lipinski definition) is 4. The van der Waals surface area contributed by atoms with Crippen LogP contribution in [-0.2, 0) is 16.4 Å². The lowest BCUT2D eigenvalue weighted by atomic mass is 10.3. The molecule has 1 N–H and O–H groups in total. The highest BCUT2D eigenvalue weighted by Gasteiger charge is 2.20. The molecule has 3 nitrogen and oxygen atoms in total. The number of hydrogen-bond donors (Lipinski definition) is 1. The van der Waals surface area contributed by atoms with Crippen LogP contribution in [0.4, 0.5) is 0 Å². The van der Waals surface area contributed by atoms with E-state index >= 15 is 0 Å². The van der Waals surface area contributed by atoms with E-state index in [1.807, 2.05) is 0 Å². The zero-order chi connectivity index (χ0) is 10.9. The molecular formula is C10H13NO2S2.